The van der Waals surface area contributed by atoms with Gasteiger partial charge in [-0.05, 0) is 11.0 Å². The Hall–Kier alpha value is -1.66. The number of hydrogen-bond acceptors (Lipinski definition) is 4. The van der Waals surface area contributed by atoms with Crippen molar-refractivity contribution in [2.45, 2.75) is 33.3 Å². The summed E-state index contributed by atoms with van der Waals surface area (Å²) in [5.74, 6) is -0.297. The van der Waals surface area contributed by atoms with Crippen molar-refractivity contribution in [3.63, 3.8) is 0 Å². The minimum atomic E-state index is -0.659. The van der Waals surface area contributed by atoms with Crippen LogP contribution in [0.25, 0.3) is 0 Å². The molecule has 7 heteroatoms. The van der Waals surface area contributed by atoms with Crippen molar-refractivity contribution >= 4 is 23.2 Å². The zero-order chi connectivity index (χ0) is 16.2. The zero-order valence-electron chi connectivity index (χ0n) is 12.2. The van der Waals surface area contributed by atoms with Gasteiger partial charge < -0.3 is 10.4 Å². The molecule has 0 spiro atoms. The molecule has 1 aromatic rings. The zero-order valence-corrected chi connectivity index (χ0v) is 13.0. The van der Waals surface area contributed by atoms with Crippen LogP contribution in [0.5, 0.6) is 0 Å². The Labute approximate surface area is 128 Å². The number of rotatable bonds is 5. The summed E-state index contributed by atoms with van der Waals surface area (Å²) in [6, 6.07) is 3.98. The van der Waals surface area contributed by atoms with Gasteiger partial charge in [-0.15, -0.1) is 0 Å². The lowest BCUT2D eigenvalue weighted by Crippen LogP contribution is -2.39. The Bertz CT molecular complexity index is 540. The highest BCUT2D eigenvalue weighted by atomic mass is 35.5. The Morgan fingerprint density at radius 3 is 2.57 bits per heavy atom. The number of nitro groups is 1. The summed E-state index contributed by atoms with van der Waals surface area (Å²) in [6.45, 7) is 5.76. The Morgan fingerprint density at radius 1 is 1.48 bits per heavy atom. The lowest BCUT2D eigenvalue weighted by Gasteiger charge is -2.25. The highest BCUT2D eigenvalue weighted by Gasteiger charge is 2.22. The molecule has 0 radical (unpaired) electrons. The van der Waals surface area contributed by atoms with Crippen LogP contribution in [0.1, 0.15) is 26.3 Å². The molecule has 0 heterocycles. The van der Waals surface area contributed by atoms with Crippen molar-refractivity contribution in [2.24, 2.45) is 5.41 Å². The van der Waals surface area contributed by atoms with Gasteiger partial charge in [0.15, 0.2) is 0 Å². The standard InChI is InChI=1S/C14H19ClN2O4/c1-14(2,3)12(18)8-16-13(19)6-9-4-5-10(17(20)21)7-11(9)15/h4-5,7,12,18H,6,8H2,1-3H3,(H,16,19). The molecule has 1 rings (SSSR count). The van der Waals surface area contributed by atoms with Crippen molar-refractivity contribution in [1.82, 2.24) is 5.32 Å². The molecule has 116 valence electrons. The molecule has 0 saturated carbocycles. The van der Waals surface area contributed by atoms with Crippen LogP contribution in [-0.4, -0.2) is 28.6 Å². The van der Waals surface area contributed by atoms with Gasteiger partial charge >= 0.3 is 0 Å². The van der Waals surface area contributed by atoms with E-state index in [0.717, 1.165) is 0 Å². The van der Waals surface area contributed by atoms with Crippen molar-refractivity contribution in [3.8, 4) is 0 Å². The Balaban J connectivity index is 2.62. The average Bonchev–Trinajstić information content (AvgIpc) is 2.36. The maximum absolute atomic E-state index is 11.8. The van der Waals surface area contributed by atoms with Crippen LogP contribution in [0.3, 0.4) is 0 Å². The molecule has 6 nitrogen and oxygen atoms in total. The number of hydrogen-bond donors (Lipinski definition) is 2. The quantitative estimate of drug-likeness (QED) is 0.644. The molecule has 0 aliphatic rings. The van der Waals surface area contributed by atoms with E-state index in [4.69, 9.17) is 11.6 Å². The van der Waals surface area contributed by atoms with Gasteiger partial charge in [0.25, 0.3) is 5.69 Å². The van der Waals surface area contributed by atoms with Crippen LogP contribution in [0.2, 0.25) is 5.02 Å². The summed E-state index contributed by atoms with van der Waals surface area (Å²) in [4.78, 5) is 21.9. The third kappa shape index (κ3) is 5.32. The first-order valence-electron chi connectivity index (χ1n) is 6.49. The summed E-state index contributed by atoms with van der Waals surface area (Å²) in [5.41, 5.74) is 0.0653. The number of aliphatic hydroxyl groups is 1. The van der Waals surface area contributed by atoms with Crippen LogP contribution in [0.4, 0.5) is 5.69 Å². The maximum Gasteiger partial charge on any atom is 0.270 e. The first kappa shape index (κ1) is 17.4. The number of benzene rings is 1. The fourth-order valence-electron chi connectivity index (χ4n) is 1.55. The SMILES string of the molecule is CC(C)(C)C(O)CNC(=O)Cc1ccc([N+](=O)[O-])cc1Cl. The van der Waals surface area contributed by atoms with Crippen molar-refractivity contribution in [2.75, 3.05) is 6.54 Å². The number of amides is 1. The molecule has 21 heavy (non-hydrogen) atoms. The number of halogens is 1. The Kier molecular flexibility index (Phi) is 5.69. The maximum atomic E-state index is 11.8. The molecular weight excluding hydrogens is 296 g/mol. The molecule has 0 aliphatic carbocycles. The van der Waals surface area contributed by atoms with Gasteiger partial charge in [-0.3, -0.25) is 14.9 Å². The fourth-order valence-corrected chi connectivity index (χ4v) is 1.79. The molecule has 1 aromatic carbocycles. The van der Waals surface area contributed by atoms with E-state index in [2.05, 4.69) is 5.32 Å². The molecule has 0 aliphatic heterocycles. The largest absolute Gasteiger partial charge is 0.391 e. The van der Waals surface area contributed by atoms with Gasteiger partial charge in [0, 0.05) is 18.7 Å². The fraction of sp³-hybridized carbons (Fsp3) is 0.500. The second-order valence-electron chi connectivity index (χ2n) is 5.90. The smallest absolute Gasteiger partial charge is 0.270 e. The van der Waals surface area contributed by atoms with Crippen molar-refractivity contribution in [1.29, 1.82) is 0 Å². The average molecular weight is 315 g/mol. The summed E-state index contributed by atoms with van der Waals surface area (Å²) in [6.07, 6.45) is -0.651. The van der Waals surface area contributed by atoms with Gasteiger partial charge in [-0.2, -0.15) is 0 Å². The number of carbonyl (C=O) groups excluding carboxylic acids is 1. The number of non-ortho nitro benzene ring substituents is 1. The molecule has 1 atom stereocenters. The van der Waals surface area contributed by atoms with E-state index in [9.17, 15) is 20.0 Å². The van der Waals surface area contributed by atoms with Gasteiger partial charge in [-0.1, -0.05) is 38.4 Å². The van der Waals surface area contributed by atoms with Gasteiger partial charge in [-0.25, -0.2) is 0 Å². The molecule has 0 fully saturated rings. The third-order valence-electron chi connectivity index (χ3n) is 3.09. The predicted octanol–water partition coefficient (Wildman–Crippen LogP) is 2.31. The number of carbonyl (C=O) groups is 1. The first-order chi connectivity index (χ1) is 9.61. The molecule has 0 aromatic heterocycles. The van der Waals surface area contributed by atoms with E-state index in [1.807, 2.05) is 20.8 Å². The number of nitro benzene ring substituents is 1. The molecular formula is C14H19ClN2O4. The predicted molar refractivity (Wildman–Crippen MR) is 80.3 cm³/mol. The second kappa shape index (κ2) is 6.87. The van der Waals surface area contributed by atoms with Crippen LogP contribution < -0.4 is 5.32 Å². The van der Waals surface area contributed by atoms with Gasteiger partial charge in [0.05, 0.1) is 22.5 Å². The molecule has 1 unspecified atom stereocenters. The molecule has 0 saturated heterocycles. The lowest BCUT2D eigenvalue weighted by molar-refractivity contribution is -0.384. The van der Waals surface area contributed by atoms with Crippen molar-refractivity contribution < 1.29 is 14.8 Å². The topological polar surface area (TPSA) is 92.5 Å². The van der Waals surface area contributed by atoms with E-state index in [-0.39, 0.29) is 35.0 Å². The summed E-state index contributed by atoms with van der Waals surface area (Å²) < 4.78 is 0. The van der Waals surface area contributed by atoms with Crippen LogP contribution in [0, 0.1) is 15.5 Å². The summed E-state index contributed by atoms with van der Waals surface area (Å²) in [5, 5.41) is 23.2. The van der Waals surface area contributed by atoms with E-state index in [1.54, 1.807) is 0 Å². The number of nitrogens with zero attached hydrogens (tertiary/aromatic N) is 1. The minimum absolute atomic E-state index is 0.00763. The summed E-state index contributed by atoms with van der Waals surface area (Å²) >= 11 is 5.92. The highest BCUT2D eigenvalue weighted by Crippen LogP contribution is 2.23. The normalized spacial score (nSPS) is 12.8. The van der Waals surface area contributed by atoms with E-state index in [0.29, 0.717) is 5.56 Å². The second-order valence-corrected chi connectivity index (χ2v) is 6.30. The number of nitrogens with one attached hydrogen (secondary N) is 1. The van der Waals surface area contributed by atoms with Gasteiger partial charge in [0.2, 0.25) is 5.91 Å². The van der Waals surface area contributed by atoms with E-state index < -0.39 is 11.0 Å². The summed E-state index contributed by atoms with van der Waals surface area (Å²) in [7, 11) is 0. The monoisotopic (exact) mass is 314 g/mol. The minimum Gasteiger partial charge on any atom is -0.391 e. The van der Waals surface area contributed by atoms with Crippen LogP contribution in [0.15, 0.2) is 18.2 Å². The molecule has 2 N–H and O–H groups in total. The molecule has 1 amide bonds. The van der Waals surface area contributed by atoms with Crippen molar-refractivity contribution in [3.05, 3.63) is 38.9 Å². The Morgan fingerprint density at radius 2 is 2.10 bits per heavy atom. The van der Waals surface area contributed by atoms with E-state index >= 15 is 0 Å². The van der Waals surface area contributed by atoms with Crippen LogP contribution >= 0.6 is 11.6 Å². The molecule has 0 bridgehead atoms. The first-order valence-corrected chi connectivity index (χ1v) is 6.86. The van der Waals surface area contributed by atoms with Gasteiger partial charge in [0.1, 0.15) is 0 Å². The lowest BCUT2D eigenvalue weighted by atomic mass is 9.89. The third-order valence-corrected chi connectivity index (χ3v) is 3.44. The van der Waals surface area contributed by atoms with Crippen LogP contribution in [-0.2, 0) is 11.2 Å². The highest BCUT2D eigenvalue weighted by molar-refractivity contribution is 6.31. The number of aliphatic hydroxyl groups excluding tert-OH is 1. The van der Waals surface area contributed by atoms with E-state index in [1.165, 1.54) is 18.2 Å².